The van der Waals surface area contributed by atoms with Crippen molar-refractivity contribution in [2.75, 3.05) is 13.2 Å². The molecule has 0 saturated heterocycles. The second-order valence-electron chi connectivity index (χ2n) is 6.95. The molecule has 0 atom stereocenters. The Morgan fingerprint density at radius 1 is 1.00 bits per heavy atom. The number of nitrogens with one attached hydrogen (secondary N) is 1. The summed E-state index contributed by atoms with van der Waals surface area (Å²) in [6.07, 6.45) is 0. The van der Waals surface area contributed by atoms with Crippen LogP contribution in [0.2, 0.25) is 0 Å². The highest BCUT2D eigenvalue weighted by atomic mass is 16.5. The largest absolute Gasteiger partial charge is 0.485 e. The lowest BCUT2D eigenvalue weighted by Gasteiger charge is -2.10. The first-order chi connectivity index (χ1) is 14.0. The quantitative estimate of drug-likeness (QED) is 0.588. The van der Waals surface area contributed by atoms with Crippen molar-refractivity contribution in [3.63, 3.8) is 0 Å². The fraction of sp³-hybridized carbons (Fsp3) is 0.250. The third-order valence-corrected chi connectivity index (χ3v) is 4.88. The number of hydrogen-bond donors (Lipinski definition) is 1. The Labute approximate surface area is 171 Å². The molecule has 1 aromatic heterocycles. The van der Waals surface area contributed by atoms with Crippen molar-refractivity contribution in [3.8, 4) is 5.75 Å². The van der Waals surface area contributed by atoms with Crippen LogP contribution in [0.1, 0.15) is 44.6 Å². The number of aromatic nitrogens is 1. The molecule has 3 aromatic rings. The Kier molecular flexibility index (Phi) is 6.50. The Hall–Kier alpha value is -3.34. The van der Waals surface area contributed by atoms with E-state index < -0.39 is 0 Å². The molecule has 2 aromatic carbocycles. The molecule has 1 amide bonds. The van der Waals surface area contributed by atoms with E-state index in [1.165, 1.54) is 5.56 Å². The van der Waals surface area contributed by atoms with Crippen molar-refractivity contribution in [2.24, 2.45) is 0 Å². The highest BCUT2D eigenvalue weighted by Gasteiger charge is 2.16. The Bertz CT molecular complexity index is 989. The van der Waals surface area contributed by atoms with Crippen LogP contribution in [0, 0.1) is 13.8 Å². The molecule has 150 valence electrons. The van der Waals surface area contributed by atoms with Gasteiger partial charge >= 0.3 is 0 Å². The Balaban J connectivity index is 1.65. The zero-order chi connectivity index (χ0) is 20.8. The number of carbonyl (C=O) groups excluding carboxylic acids is 2. The van der Waals surface area contributed by atoms with Crippen LogP contribution in [0.25, 0.3) is 0 Å². The number of rotatable bonds is 8. The third kappa shape index (κ3) is 4.93. The molecule has 5 nitrogen and oxygen atoms in total. The molecule has 0 bridgehead atoms. The maximum absolute atomic E-state index is 12.7. The summed E-state index contributed by atoms with van der Waals surface area (Å²) < 4.78 is 7.79. The van der Waals surface area contributed by atoms with Gasteiger partial charge in [0.1, 0.15) is 5.75 Å². The van der Waals surface area contributed by atoms with E-state index in [9.17, 15) is 9.59 Å². The number of ether oxygens (including phenoxy) is 1. The Morgan fingerprint density at radius 2 is 1.69 bits per heavy atom. The van der Waals surface area contributed by atoms with Gasteiger partial charge in [-0.15, -0.1) is 0 Å². The van der Waals surface area contributed by atoms with E-state index in [1.807, 2.05) is 45.0 Å². The van der Waals surface area contributed by atoms with E-state index in [-0.39, 0.29) is 18.3 Å². The van der Waals surface area contributed by atoms with Gasteiger partial charge in [-0.2, -0.15) is 0 Å². The minimum atomic E-state index is -0.124. The average Bonchev–Trinajstić information content (AvgIpc) is 3.01. The zero-order valence-electron chi connectivity index (χ0n) is 17.1. The summed E-state index contributed by atoms with van der Waals surface area (Å²) in [5.74, 6) is 0.371. The third-order valence-electron chi connectivity index (χ3n) is 4.88. The fourth-order valence-electron chi connectivity index (χ4n) is 3.28. The fourth-order valence-corrected chi connectivity index (χ4v) is 3.28. The molecule has 0 fully saturated rings. The van der Waals surface area contributed by atoms with Gasteiger partial charge in [0.05, 0.1) is 0 Å². The molecule has 0 spiro atoms. The molecule has 0 saturated carbocycles. The van der Waals surface area contributed by atoms with E-state index in [0.717, 1.165) is 17.9 Å². The van der Waals surface area contributed by atoms with Crippen molar-refractivity contribution in [1.82, 2.24) is 9.88 Å². The van der Waals surface area contributed by atoms with Gasteiger partial charge < -0.3 is 14.6 Å². The molecule has 0 aliphatic carbocycles. The summed E-state index contributed by atoms with van der Waals surface area (Å²) in [6, 6.07) is 18.9. The first-order valence-corrected chi connectivity index (χ1v) is 9.74. The van der Waals surface area contributed by atoms with Crippen molar-refractivity contribution >= 4 is 11.7 Å². The van der Waals surface area contributed by atoms with Crippen LogP contribution in [0.3, 0.4) is 0 Å². The zero-order valence-corrected chi connectivity index (χ0v) is 17.1. The lowest BCUT2D eigenvalue weighted by Crippen LogP contribution is -2.22. The summed E-state index contributed by atoms with van der Waals surface area (Å²) in [4.78, 5) is 24.5. The maximum atomic E-state index is 12.7. The number of nitrogens with zero attached hydrogens (tertiary/aromatic N) is 1. The number of carbonyl (C=O) groups is 2. The smallest absolute Gasteiger partial charge is 0.251 e. The molecule has 0 aliphatic rings. The lowest BCUT2D eigenvalue weighted by molar-refractivity contribution is 0.0918. The number of hydrogen-bond acceptors (Lipinski definition) is 3. The van der Waals surface area contributed by atoms with Gasteiger partial charge in [0.15, 0.2) is 6.61 Å². The molecular weight excluding hydrogens is 364 g/mol. The maximum Gasteiger partial charge on any atom is 0.251 e. The topological polar surface area (TPSA) is 60.3 Å². The van der Waals surface area contributed by atoms with Gasteiger partial charge in [-0.1, -0.05) is 30.3 Å². The molecule has 0 radical (unpaired) electrons. The number of ketones is 1. The predicted molar refractivity (Wildman–Crippen MR) is 114 cm³/mol. The normalized spacial score (nSPS) is 10.6. The number of benzene rings is 2. The average molecular weight is 390 g/mol. The summed E-state index contributed by atoms with van der Waals surface area (Å²) in [7, 11) is 0. The second-order valence-corrected chi connectivity index (χ2v) is 6.95. The van der Waals surface area contributed by atoms with Gasteiger partial charge in [0.25, 0.3) is 5.91 Å². The molecule has 3 rings (SSSR count). The molecular formula is C24H26N2O3. The summed E-state index contributed by atoms with van der Waals surface area (Å²) in [5, 5.41) is 2.75. The summed E-state index contributed by atoms with van der Waals surface area (Å²) in [6.45, 7) is 7.11. The number of aryl methyl sites for hydroxylation is 1. The minimum Gasteiger partial charge on any atom is -0.485 e. The molecule has 1 N–H and O–H groups in total. The van der Waals surface area contributed by atoms with Crippen LogP contribution >= 0.6 is 0 Å². The molecule has 0 unspecified atom stereocenters. The van der Waals surface area contributed by atoms with Gasteiger partial charge in [-0.25, -0.2) is 0 Å². The molecule has 29 heavy (non-hydrogen) atoms. The SMILES string of the molecule is CCNC(=O)c1ccc(OCC(=O)c2cc(C)n(Cc3ccccc3)c2C)cc1. The Morgan fingerprint density at radius 3 is 2.34 bits per heavy atom. The standard InChI is InChI=1S/C24H26N2O3/c1-4-25-24(28)20-10-12-21(13-11-20)29-16-23(27)22-14-17(2)26(18(22)3)15-19-8-6-5-7-9-19/h5-14H,4,15-16H2,1-3H3,(H,25,28). The van der Waals surface area contributed by atoms with E-state index >= 15 is 0 Å². The van der Waals surface area contributed by atoms with E-state index in [1.54, 1.807) is 24.3 Å². The van der Waals surface area contributed by atoms with Crippen LogP contribution < -0.4 is 10.1 Å². The van der Waals surface area contributed by atoms with Gasteiger partial charge in [-0.3, -0.25) is 9.59 Å². The first-order valence-electron chi connectivity index (χ1n) is 9.74. The highest BCUT2D eigenvalue weighted by Crippen LogP contribution is 2.19. The van der Waals surface area contributed by atoms with Gasteiger partial charge in [0.2, 0.25) is 5.78 Å². The van der Waals surface area contributed by atoms with Crippen LogP contribution in [0.15, 0.2) is 60.7 Å². The van der Waals surface area contributed by atoms with Crippen LogP contribution in [-0.4, -0.2) is 29.4 Å². The molecule has 5 heteroatoms. The van der Waals surface area contributed by atoms with Crippen LogP contribution in [0.5, 0.6) is 5.75 Å². The second kappa shape index (κ2) is 9.24. The van der Waals surface area contributed by atoms with Crippen LogP contribution in [-0.2, 0) is 6.54 Å². The van der Waals surface area contributed by atoms with Crippen molar-refractivity contribution in [3.05, 3.63) is 88.7 Å². The molecule has 0 aliphatic heterocycles. The summed E-state index contributed by atoms with van der Waals surface area (Å²) >= 11 is 0. The monoisotopic (exact) mass is 390 g/mol. The lowest BCUT2D eigenvalue weighted by atomic mass is 10.1. The van der Waals surface area contributed by atoms with Crippen molar-refractivity contribution in [1.29, 1.82) is 0 Å². The number of Topliss-reactive ketones (excluding diaryl/α,β-unsaturated/α-hetero) is 1. The van der Waals surface area contributed by atoms with Crippen molar-refractivity contribution < 1.29 is 14.3 Å². The summed E-state index contributed by atoms with van der Waals surface area (Å²) in [5.41, 5.74) is 4.41. The molecule has 1 heterocycles. The minimum absolute atomic E-state index is 0.0455. The highest BCUT2D eigenvalue weighted by molar-refractivity contribution is 5.98. The van der Waals surface area contributed by atoms with Crippen molar-refractivity contribution in [2.45, 2.75) is 27.3 Å². The number of amides is 1. The van der Waals surface area contributed by atoms with Gasteiger partial charge in [0, 0.05) is 35.6 Å². The first kappa shape index (κ1) is 20.4. The van der Waals surface area contributed by atoms with Gasteiger partial charge in [-0.05, 0) is 56.7 Å². The van der Waals surface area contributed by atoms with E-state index in [2.05, 4.69) is 22.0 Å². The van der Waals surface area contributed by atoms with E-state index in [4.69, 9.17) is 4.74 Å². The van der Waals surface area contributed by atoms with E-state index in [0.29, 0.717) is 23.4 Å². The van der Waals surface area contributed by atoms with Crippen LogP contribution in [0.4, 0.5) is 0 Å². The predicted octanol–water partition coefficient (Wildman–Crippen LogP) is 4.16.